The van der Waals surface area contributed by atoms with Crippen LogP contribution < -0.4 is 16.0 Å². The molecular formula is C16H20N2O. The van der Waals surface area contributed by atoms with E-state index in [0.717, 1.165) is 11.4 Å². The normalized spacial score (nSPS) is 10.3. The Labute approximate surface area is 114 Å². The van der Waals surface area contributed by atoms with Crippen molar-refractivity contribution in [3.05, 3.63) is 58.7 Å². The number of hydrazine groups is 1. The van der Waals surface area contributed by atoms with Crippen LogP contribution in [-0.2, 0) is 6.61 Å². The highest BCUT2D eigenvalue weighted by Crippen LogP contribution is 2.21. The van der Waals surface area contributed by atoms with Gasteiger partial charge in [0.05, 0.1) is 5.69 Å². The van der Waals surface area contributed by atoms with Gasteiger partial charge in [-0.05, 0) is 49.6 Å². The molecule has 19 heavy (non-hydrogen) atoms. The lowest BCUT2D eigenvalue weighted by Gasteiger charge is -2.13. The molecule has 2 aromatic rings. The van der Waals surface area contributed by atoms with Crippen LogP contribution in [0.25, 0.3) is 0 Å². The van der Waals surface area contributed by atoms with E-state index in [9.17, 15) is 0 Å². The van der Waals surface area contributed by atoms with Gasteiger partial charge in [0.25, 0.3) is 0 Å². The van der Waals surface area contributed by atoms with Gasteiger partial charge in [-0.15, -0.1) is 0 Å². The standard InChI is InChI=1S/C16H20N2O/c1-11-7-12(2)16(13(3)8-11)10-19-15-6-4-5-14(9-15)18-17/h4-9,18H,10,17H2,1-3H3. The zero-order valence-corrected chi connectivity index (χ0v) is 11.7. The minimum atomic E-state index is 0.575. The second-order valence-corrected chi connectivity index (χ2v) is 4.84. The smallest absolute Gasteiger partial charge is 0.121 e. The maximum absolute atomic E-state index is 5.84. The van der Waals surface area contributed by atoms with Gasteiger partial charge in [-0.25, -0.2) is 0 Å². The van der Waals surface area contributed by atoms with Crippen LogP contribution in [0.2, 0.25) is 0 Å². The molecule has 0 saturated carbocycles. The van der Waals surface area contributed by atoms with Crippen LogP contribution in [0.15, 0.2) is 36.4 Å². The topological polar surface area (TPSA) is 47.3 Å². The molecular weight excluding hydrogens is 236 g/mol. The molecule has 0 radical (unpaired) electrons. The Balaban J connectivity index is 2.14. The number of aryl methyl sites for hydroxylation is 3. The fourth-order valence-corrected chi connectivity index (χ4v) is 2.27. The predicted molar refractivity (Wildman–Crippen MR) is 79.2 cm³/mol. The summed E-state index contributed by atoms with van der Waals surface area (Å²) in [7, 11) is 0. The first kappa shape index (κ1) is 13.4. The first-order chi connectivity index (χ1) is 9.10. The van der Waals surface area contributed by atoms with Gasteiger partial charge >= 0.3 is 0 Å². The van der Waals surface area contributed by atoms with Crippen molar-refractivity contribution in [2.75, 3.05) is 5.43 Å². The molecule has 3 N–H and O–H groups in total. The highest BCUT2D eigenvalue weighted by atomic mass is 16.5. The number of anilines is 1. The fraction of sp³-hybridized carbons (Fsp3) is 0.250. The number of rotatable bonds is 4. The van der Waals surface area contributed by atoms with Gasteiger partial charge in [0, 0.05) is 6.07 Å². The van der Waals surface area contributed by atoms with Crippen molar-refractivity contribution in [2.24, 2.45) is 5.84 Å². The van der Waals surface area contributed by atoms with Crippen molar-refractivity contribution in [3.8, 4) is 5.75 Å². The average Bonchev–Trinajstić information content (AvgIpc) is 2.37. The molecule has 0 spiro atoms. The highest BCUT2D eigenvalue weighted by Gasteiger charge is 2.05. The molecule has 100 valence electrons. The van der Waals surface area contributed by atoms with Crippen LogP contribution >= 0.6 is 0 Å². The summed E-state index contributed by atoms with van der Waals surface area (Å²) in [6.07, 6.45) is 0. The van der Waals surface area contributed by atoms with Gasteiger partial charge in [0.15, 0.2) is 0 Å². The second-order valence-electron chi connectivity index (χ2n) is 4.84. The molecule has 0 fully saturated rings. The summed E-state index contributed by atoms with van der Waals surface area (Å²) in [5.41, 5.74) is 8.53. The summed E-state index contributed by atoms with van der Waals surface area (Å²) >= 11 is 0. The van der Waals surface area contributed by atoms with E-state index in [1.54, 1.807) is 0 Å². The van der Waals surface area contributed by atoms with Crippen LogP contribution in [0, 0.1) is 20.8 Å². The minimum absolute atomic E-state index is 0.575. The van der Waals surface area contributed by atoms with Gasteiger partial charge in [-0.1, -0.05) is 23.8 Å². The Hall–Kier alpha value is -2.00. The quantitative estimate of drug-likeness (QED) is 0.650. The molecule has 3 heteroatoms. The van der Waals surface area contributed by atoms with Crippen molar-refractivity contribution >= 4 is 5.69 Å². The molecule has 0 atom stereocenters. The monoisotopic (exact) mass is 256 g/mol. The molecule has 3 nitrogen and oxygen atoms in total. The molecule has 0 aliphatic carbocycles. The number of hydrogen-bond donors (Lipinski definition) is 2. The number of ether oxygens (including phenoxy) is 1. The number of nitrogens with two attached hydrogens (primary N) is 1. The van der Waals surface area contributed by atoms with Crippen molar-refractivity contribution in [1.29, 1.82) is 0 Å². The van der Waals surface area contributed by atoms with E-state index >= 15 is 0 Å². The minimum Gasteiger partial charge on any atom is -0.489 e. The highest BCUT2D eigenvalue weighted by molar-refractivity contribution is 5.47. The zero-order chi connectivity index (χ0) is 13.8. The van der Waals surface area contributed by atoms with Crippen molar-refractivity contribution in [3.63, 3.8) is 0 Å². The summed E-state index contributed by atoms with van der Waals surface area (Å²) in [5, 5.41) is 0. The molecule has 0 heterocycles. The van der Waals surface area contributed by atoms with E-state index in [1.165, 1.54) is 22.3 Å². The van der Waals surface area contributed by atoms with Crippen molar-refractivity contribution in [2.45, 2.75) is 27.4 Å². The van der Waals surface area contributed by atoms with Gasteiger partial charge in [-0.3, -0.25) is 5.84 Å². The molecule has 0 bridgehead atoms. The Bertz CT molecular complexity index is 556. The number of nitrogens with one attached hydrogen (secondary N) is 1. The van der Waals surface area contributed by atoms with Crippen LogP contribution in [0.5, 0.6) is 5.75 Å². The molecule has 2 rings (SSSR count). The lowest BCUT2D eigenvalue weighted by molar-refractivity contribution is 0.305. The van der Waals surface area contributed by atoms with Gasteiger partial charge in [0.2, 0.25) is 0 Å². The van der Waals surface area contributed by atoms with Crippen LogP contribution in [-0.4, -0.2) is 0 Å². The first-order valence-corrected chi connectivity index (χ1v) is 6.36. The molecule has 0 aliphatic heterocycles. The zero-order valence-electron chi connectivity index (χ0n) is 11.7. The number of benzene rings is 2. The van der Waals surface area contributed by atoms with E-state index in [0.29, 0.717) is 6.61 Å². The third kappa shape index (κ3) is 3.26. The third-order valence-corrected chi connectivity index (χ3v) is 3.22. The summed E-state index contributed by atoms with van der Waals surface area (Å²) in [5.74, 6) is 6.20. The number of hydrogen-bond acceptors (Lipinski definition) is 3. The van der Waals surface area contributed by atoms with Gasteiger partial charge in [0.1, 0.15) is 12.4 Å². The summed E-state index contributed by atoms with van der Waals surface area (Å²) in [6.45, 7) is 6.93. The van der Waals surface area contributed by atoms with Crippen LogP contribution in [0.3, 0.4) is 0 Å². The maximum Gasteiger partial charge on any atom is 0.121 e. The molecule has 0 amide bonds. The van der Waals surface area contributed by atoms with Crippen LogP contribution in [0.1, 0.15) is 22.3 Å². The van der Waals surface area contributed by atoms with E-state index in [2.05, 4.69) is 38.3 Å². The Morgan fingerprint density at radius 3 is 2.37 bits per heavy atom. The van der Waals surface area contributed by atoms with E-state index in [1.807, 2.05) is 24.3 Å². The SMILES string of the molecule is Cc1cc(C)c(COc2cccc(NN)c2)c(C)c1. The van der Waals surface area contributed by atoms with E-state index in [4.69, 9.17) is 10.6 Å². The van der Waals surface area contributed by atoms with Gasteiger partial charge < -0.3 is 10.2 Å². The summed E-state index contributed by atoms with van der Waals surface area (Å²) in [4.78, 5) is 0. The molecule has 0 aliphatic rings. The average molecular weight is 256 g/mol. The van der Waals surface area contributed by atoms with Crippen molar-refractivity contribution < 1.29 is 4.74 Å². The maximum atomic E-state index is 5.84. The molecule has 0 saturated heterocycles. The second kappa shape index (κ2) is 5.76. The summed E-state index contributed by atoms with van der Waals surface area (Å²) < 4.78 is 5.84. The Kier molecular flexibility index (Phi) is 4.07. The van der Waals surface area contributed by atoms with E-state index in [-0.39, 0.29) is 0 Å². The summed E-state index contributed by atoms with van der Waals surface area (Å²) in [6, 6.07) is 12.0. The Morgan fingerprint density at radius 1 is 1.05 bits per heavy atom. The van der Waals surface area contributed by atoms with E-state index < -0.39 is 0 Å². The van der Waals surface area contributed by atoms with Crippen molar-refractivity contribution in [1.82, 2.24) is 0 Å². The van der Waals surface area contributed by atoms with Gasteiger partial charge in [-0.2, -0.15) is 0 Å². The predicted octanol–water partition coefficient (Wildman–Crippen LogP) is 3.48. The molecule has 2 aromatic carbocycles. The third-order valence-electron chi connectivity index (χ3n) is 3.22. The lowest BCUT2D eigenvalue weighted by atomic mass is 10.0. The largest absolute Gasteiger partial charge is 0.489 e. The van der Waals surface area contributed by atoms with Crippen LogP contribution in [0.4, 0.5) is 5.69 Å². The molecule has 0 aromatic heterocycles. The fourth-order valence-electron chi connectivity index (χ4n) is 2.27. The lowest BCUT2D eigenvalue weighted by Crippen LogP contribution is -2.07. The Morgan fingerprint density at radius 2 is 1.74 bits per heavy atom. The molecule has 0 unspecified atom stereocenters. The first-order valence-electron chi connectivity index (χ1n) is 6.36. The number of nitrogen functional groups attached to an aromatic ring is 1.